The van der Waals surface area contributed by atoms with Crippen LogP contribution in [0, 0.1) is 0 Å². The van der Waals surface area contributed by atoms with Crippen molar-refractivity contribution in [1.29, 1.82) is 0 Å². The van der Waals surface area contributed by atoms with E-state index in [0.29, 0.717) is 0 Å². The van der Waals surface area contributed by atoms with Crippen LogP contribution in [0.2, 0.25) is 0 Å². The number of aliphatic carboxylic acids is 1. The van der Waals surface area contributed by atoms with Crippen LogP contribution in [-0.2, 0) is 9.59 Å². The lowest BCUT2D eigenvalue weighted by atomic mass is 10.7. The van der Waals surface area contributed by atoms with E-state index in [1.807, 2.05) is 12.1 Å². The van der Waals surface area contributed by atoms with Gasteiger partial charge in [0.15, 0.2) is 0 Å². The number of amides is 4. The Kier molecular flexibility index (Phi) is 16.8. The van der Waals surface area contributed by atoms with Crippen molar-refractivity contribution in [3.05, 3.63) is 0 Å². The molecule has 0 aliphatic carbocycles. The largest absolute Gasteiger partial charge is 0.480 e. The SMILES string of the molecule is C=O.NC(=O)NCC(=O)O.NC(N)=O. The zero-order valence-electron chi connectivity index (χ0n) is 7.23. The molecule has 0 spiro atoms. The molecule has 14 heavy (non-hydrogen) atoms. The molecule has 0 saturated heterocycles. The first-order chi connectivity index (χ1) is 6.36. The Bertz CT molecular complexity index is 177. The minimum absolute atomic E-state index is 0.421. The van der Waals surface area contributed by atoms with Gasteiger partial charge in [-0.05, 0) is 0 Å². The van der Waals surface area contributed by atoms with Crippen LogP contribution in [-0.4, -0.2) is 36.5 Å². The third kappa shape index (κ3) is 102. The van der Waals surface area contributed by atoms with Gasteiger partial charge in [-0.15, -0.1) is 0 Å². The molecule has 4 amide bonds. The van der Waals surface area contributed by atoms with Crippen molar-refractivity contribution < 1.29 is 24.3 Å². The monoisotopic (exact) mass is 208 g/mol. The molecule has 9 heteroatoms. The number of primary amides is 3. The van der Waals surface area contributed by atoms with Gasteiger partial charge in [-0.3, -0.25) is 4.79 Å². The number of carbonyl (C=O) groups is 4. The molecule has 0 heterocycles. The third-order valence-corrected chi connectivity index (χ3v) is 0.414. The minimum Gasteiger partial charge on any atom is -0.480 e. The van der Waals surface area contributed by atoms with Crippen LogP contribution in [0.25, 0.3) is 0 Å². The van der Waals surface area contributed by atoms with E-state index in [1.165, 1.54) is 0 Å². The summed E-state index contributed by atoms with van der Waals surface area (Å²) in [6.45, 7) is 1.58. The number of nitrogens with two attached hydrogens (primary N) is 3. The molecular weight excluding hydrogens is 196 g/mol. The highest BCUT2D eigenvalue weighted by molar-refractivity contribution is 5.78. The molecule has 0 aliphatic heterocycles. The van der Waals surface area contributed by atoms with Crippen molar-refractivity contribution in [3.8, 4) is 0 Å². The Balaban J connectivity index is -0.000000170. The molecule has 0 saturated carbocycles. The summed E-state index contributed by atoms with van der Waals surface area (Å²) in [6.07, 6.45) is 0. The molecule has 8 N–H and O–H groups in total. The second-order valence-corrected chi connectivity index (χ2v) is 1.51. The molecule has 9 nitrogen and oxygen atoms in total. The molecule has 0 fully saturated rings. The molecule has 0 aromatic carbocycles. The first kappa shape index (κ1) is 17.7. The summed E-state index contributed by atoms with van der Waals surface area (Å²) in [7, 11) is 0. The molecule has 82 valence electrons. The van der Waals surface area contributed by atoms with Gasteiger partial charge in [0.25, 0.3) is 0 Å². The van der Waals surface area contributed by atoms with Crippen LogP contribution in [0.1, 0.15) is 0 Å². The fourth-order valence-electron chi connectivity index (χ4n) is 0.163. The molecule has 0 bridgehead atoms. The predicted octanol–water partition coefficient (Wildman–Crippen LogP) is -2.42. The van der Waals surface area contributed by atoms with E-state index < -0.39 is 24.6 Å². The first-order valence-corrected chi connectivity index (χ1v) is 2.95. The summed E-state index contributed by atoms with van der Waals surface area (Å²) in [5.41, 5.74) is 13.0. The molecule has 0 radical (unpaired) electrons. The molecule has 0 aromatic rings. The number of rotatable bonds is 2. The van der Waals surface area contributed by atoms with Crippen LogP contribution in [0.4, 0.5) is 9.59 Å². The summed E-state index contributed by atoms with van der Waals surface area (Å²) >= 11 is 0. The maximum absolute atomic E-state index is 9.75. The van der Waals surface area contributed by atoms with Crippen molar-refractivity contribution in [2.45, 2.75) is 0 Å². The molecule has 0 atom stereocenters. The maximum Gasteiger partial charge on any atom is 0.323 e. The van der Waals surface area contributed by atoms with Gasteiger partial charge in [0.2, 0.25) is 0 Å². The Morgan fingerprint density at radius 1 is 1.14 bits per heavy atom. The predicted molar refractivity (Wildman–Crippen MR) is 46.1 cm³/mol. The Hall–Kier alpha value is -2.32. The average molecular weight is 208 g/mol. The van der Waals surface area contributed by atoms with E-state index in [0.717, 1.165) is 0 Å². The second kappa shape index (κ2) is 13.3. The van der Waals surface area contributed by atoms with Crippen LogP contribution >= 0.6 is 0 Å². The summed E-state index contributed by atoms with van der Waals surface area (Å²) in [6, 6.07) is -1.66. The number of urea groups is 2. The summed E-state index contributed by atoms with van der Waals surface area (Å²) < 4.78 is 0. The lowest BCUT2D eigenvalue weighted by Crippen LogP contribution is -2.33. The third-order valence-electron chi connectivity index (χ3n) is 0.414. The molecule has 0 aliphatic rings. The number of hydrogen-bond acceptors (Lipinski definition) is 4. The van der Waals surface area contributed by atoms with Crippen LogP contribution in [0.15, 0.2) is 0 Å². The van der Waals surface area contributed by atoms with Gasteiger partial charge >= 0.3 is 18.0 Å². The molecular formula is C5H12N4O5. The molecule has 0 rings (SSSR count). The Morgan fingerprint density at radius 2 is 1.43 bits per heavy atom. The average Bonchev–Trinajstić information content (AvgIpc) is 2.03. The van der Waals surface area contributed by atoms with Crippen LogP contribution in [0.5, 0.6) is 0 Å². The standard InChI is InChI=1S/C3H6N2O3.CH4N2O.CH2O/c4-3(8)5-1-2(6)7;2-1(3)4;1-2/h1H2,(H,6,7)(H3,4,5,8);(H4,2,3,4);1H2. The normalized spacial score (nSPS) is 6.57. The van der Waals surface area contributed by atoms with E-state index >= 15 is 0 Å². The fourth-order valence-corrected chi connectivity index (χ4v) is 0.163. The first-order valence-electron chi connectivity index (χ1n) is 2.95. The van der Waals surface area contributed by atoms with Crippen molar-refractivity contribution in [3.63, 3.8) is 0 Å². The number of hydrogen-bond donors (Lipinski definition) is 5. The van der Waals surface area contributed by atoms with Crippen LogP contribution in [0.3, 0.4) is 0 Å². The van der Waals surface area contributed by atoms with Crippen molar-refractivity contribution >= 4 is 24.8 Å². The lowest BCUT2D eigenvalue weighted by Gasteiger charge is -1.92. The van der Waals surface area contributed by atoms with Crippen LogP contribution < -0.4 is 22.5 Å². The smallest absolute Gasteiger partial charge is 0.323 e. The summed E-state index contributed by atoms with van der Waals surface area (Å²) in [5.74, 6) is -1.11. The number of nitrogens with one attached hydrogen (secondary N) is 1. The number of carbonyl (C=O) groups excluding carboxylic acids is 3. The highest BCUT2D eigenvalue weighted by Crippen LogP contribution is 1.57. The van der Waals surface area contributed by atoms with Gasteiger partial charge in [0.05, 0.1) is 0 Å². The molecule has 0 aromatic heterocycles. The topological polar surface area (TPSA) is 179 Å². The zero-order valence-corrected chi connectivity index (χ0v) is 7.23. The van der Waals surface area contributed by atoms with Crippen molar-refractivity contribution in [2.75, 3.05) is 6.54 Å². The Morgan fingerprint density at radius 3 is 1.50 bits per heavy atom. The van der Waals surface area contributed by atoms with Gasteiger partial charge in [-0.25, -0.2) is 9.59 Å². The zero-order chi connectivity index (χ0) is 12.1. The van der Waals surface area contributed by atoms with E-state index in [4.69, 9.17) is 14.7 Å². The van der Waals surface area contributed by atoms with Crippen molar-refractivity contribution in [1.82, 2.24) is 5.32 Å². The van der Waals surface area contributed by atoms with Gasteiger partial charge in [0.1, 0.15) is 13.3 Å². The second-order valence-electron chi connectivity index (χ2n) is 1.51. The summed E-state index contributed by atoms with van der Waals surface area (Å²) in [5, 5.41) is 9.78. The maximum atomic E-state index is 9.75. The minimum atomic E-state index is -1.11. The van der Waals surface area contributed by atoms with E-state index in [2.05, 4.69) is 17.2 Å². The van der Waals surface area contributed by atoms with Gasteiger partial charge < -0.3 is 32.4 Å². The number of carboxylic acid groups (broad SMARTS) is 1. The summed E-state index contributed by atoms with van der Waals surface area (Å²) in [4.78, 5) is 36.4. The van der Waals surface area contributed by atoms with E-state index in [1.54, 1.807) is 0 Å². The van der Waals surface area contributed by atoms with E-state index in [-0.39, 0.29) is 0 Å². The quantitative estimate of drug-likeness (QED) is 0.338. The van der Waals surface area contributed by atoms with Gasteiger partial charge in [0, 0.05) is 0 Å². The van der Waals surface area contributed by atoms with Gasteiger partial charge in [-0.2, -0.15) is 0 Å². The van der Waals surface area contributed by atoms with Crippen molar-refractivity contribution in [2.24, 2.45) is 17.2 Å². The highest BCUT2D eigenvalue weighted by atomic mass is 16.4. The Labute approximate surface area is 79.2 Å². The fraction of sp³-hybridized carbons (Fsp3) is 0.200. The molecule has 0 unspecified atom stereocenters. The number of carboxylic acids is 1. The highest BCUT2D eigenvalue weighted by Gasteiger charge is 1.95. The van der Waals surface area contributed by atoms with Gasteiger partial charge in [-0.1, -0.05) is 0 Å². The van der Waals surface area contributed by atoms with E-state index in [9.17, 15) is 9.59 Å². The lowest BCUT2D eigenvalue weighted by molar-refractivity contribution is -0.135.